The molecule has 2 rings (SSSR count). The van der Waals surface area contributed by atoms with E-state index < -0.39 is 0 Å². The van der Waals surface area contributed by atoms with Crippen LogP contribution >= 0.6 is 23.1 Å². The number of thiophene rings is 1. The van der Waals surface area contributed by atoms with Gasteiger partial charge in [0.2, 0.25) is 5.91 Å². The lowest BCUT2D eigenvalue weighted by atomic mass is 10.4. The quantitative estimate of drug-likeness (QED) is 0.558. The zero-order chi connectivity index (χ0) is 15.8. The summed E-state index contributed by atoms with van der Waals surface area (Å²) in [5.74, 6) is 0.444. The molecule has 1 atom stereocenters. The average molecular weight is 341 g/mol. The number of carbonyl (C=O) groups excluding carboxylic acids is 1. The van der Waals surface area contributed by atoms with Crippen LogP contribution in [0.15, 0.2) is 27.2 Å². The van der Waals surface area contributed by atoms with E-state index in [1.807, 2.05) is 31.4 Å². The predicted molar refractivity (Wildman–Crippen MR) is 87.0 cm³/mol. The van der Waals surface area contributed by atoms with Crippen LogP contribution in [0.5, 0.6) is 0 Å². The van der Waals surface area contributed by atoms with Gasteiger partial charge >= 0.3 is 0 Å². The minimum Gasteiger partial charge on any atom is -0.410 e. The molecule has 0 bridgehead atoms. The lowest BCUT2D eigenvalue weighted by Gasteiger charge is -2.09. The third-order valence-corrected chi connectivity index (χ3v) is 4.55. The molecule has 8 heteroatoms. The summed E-state index contributed by atoms with van der Waals surface area (Å²) in [5.41, 5.74) is 0. The van der Waals surface area contributed by atoms with Gasteiger partial charge in [0.25, 0.3) is 11.1 Å². The van der Waals surface area contributed by atoms with Crippen molar-refractivity contribution in [2.45, 2.75) is 30.7 Å². The molecule has 1 unspecified atom stereocenters. The fourth-order valence-corrected chi connectivity index (χ4v) is 2.99. The number of hydrogen-bond donors (Lipinski definition) is 1. The van der Waals surface area contributed by atoms with Crippen molar-refractivity contribution in [3.63, 3.8) is 0 Å². The van der Waals surface area contributed by atoms with Crippen molar-refractivity contribution in [1.29, 1.82) is 0 Å². The van der Waals surface area contributed by atoms with Crippen LogP contribution in [-0.2, 0) is 9.53 Å². The van der Waals surface area contributed by atoms with Crippen LogP contribution < -0.4 is 5.32 Å². The van der Waals surface area contributed by atoms with Gasteiger partial charge in [-0.15, -0.1) is 21.5 Å². The van der Waals surface area contributed by atoms with E-state index in [2.05, 4.69) is 15.5 Å². The highest BCUT2D eigenvalue weighted by molar-refractivity contribution is 8.00. The Morgan fingerprint density at radius 2 is 2.41 bits per heavy atom. The number of aromatic nitrogens is 2. The lowest BCUT2D eigenvalue weighted by molar-refractivity contribution is -0.120. The molecule has 0 aliphatic rings. The Labute approximate surface area is 137 Å². The van der Waals surface area contributed by atoms with E-state index in [1.165, 1.54) is 23.1 Å². The monoisotopic (exact) mass is 341 g/mol. The van der Waals surface area contributed by atoms with E-state index in [9.17, 15) is 4.79 Å². The molecule has 1 amide bonds. The fraction of sp³-hybridized carbons (Fsp3) is 0.500. The van der Waals surface area contributed by atoms with Crippen molar-refractivity contribution in [1.82, 2.24) is 15.5 Å². The third-order valence-electron chi connectivity index (χ3n) is 2.75. The van der Waals surface area contributed by atoms with Crippen LogP contribution in [0.2, 0.25) is 0 Å². The zero-order valence-corrected chi connectivity index (χ0v) is 14.2. The maximum atomic E-state index is 12.0. The number of rotatable bonds is 9. The molecule has 0 spiro atoms. The standard InChI is InChI=1S/C14H19N3O3S2/c1-3-19-8-5-7-15-12(18)10(2)22-14-17-16-13(20-14)11-6-4-9-21-11/h4,6,9-10H,3,5,7-8H2,1-2H3,(H,15,18). The second-order valence-corrected chi connectivity index (χ2v) is 6.69. The van der Waals surface area contributed by atoms with Gasteiger partial charge in [0, 0.05) is 19.8 Å². The highest BCUT2D eigenvalue weighted by Gasteiger charge is 2.18. The first-order valence-electron chi connectivity index (χ1n) is 7.10. The van der Waals surface area contributed by atoms with Crippen LogP contribution in [0, 0.1) is 0 Å². The Bertz CT molecular complexity index is 572. The Morgan fingerprint density at radius 1 is 1.55 bits per heavy atom. The molecule has 0 saturated carbocycles. The predicted octanol–water partition coefficient (Wildman–Crippen LogP) is 2.82. The number of carbonyl (C=O) groups is 1. The topological polar surface area (TPSA) is 77.2 Å². The summed E-state index contributed by atoms with van der Waals surface area (Å²) in [6.45, 7) is 5.73. The number of nitrogens with one attached hydrogen (secondary N) is 1. The molecule has 0 aromatic carbocycles. The Hall–Kier alpha value is -1.38. The molecule has 0 saturated heterocycles. The number of hydrogen-bond acceptors (Lipinski definition) is 7. The smallest absolute Gasteiger partial charge is 0.277 e. The molecule has 120 valence electrons. The van der Waals surface area contributed by atoms with Gasteiger partial charge in [-0.3, -0.25) is 4.79 Å². The molecule has 2 aromatic heterocycles. The van der Waals surface area contributed by atoms with Crippen LogP contribution in [0.1, 0.15) is 20.3 Å². The summed E-state index contributed by atoms with van der Waals surface area (Å²) in [6, 6.07) is 3.84. The summed E-state index contributed by atoms with van der Waals surface area (Å²) < 4.78 is 10.8. The molecule has 0 fully saturated rings. The summed E-state index contributed by atoms with van der Waals surface area (Å²) in [4.78, 5) is 12.9. The van der Waals surface area contributed by atoms with E-state index in [0.717, 1.165) is 11.3 Å². The summed E-state index contributed by atoms with van der Waals surface area (Å²) in [7, 11) is 0. The Kier molecular flexibility index (Phi) is 6.88. The minimum absolute atomic E-state index is 0.0441. The molecule has 2 aromatic rings. The van der Waals surface area contributed by atoms with Gasteiger partial charge in [-0.2, -0.15) is 0 Å². The second kappa shape index (κ2) is 8.92. The van der Waals surface area contributed by atoms with Gasteiger partial charge < -0.3 is 14.5 Å². The van der Waals surface area contributed by atoms with Crippen LogP contribution in [0.4, 0.5) is 0 Å². The second-order valence-electron chi connectivity index (χ2n) is 4.45. The van der Waals surface area contributed by atoms with Crippen LogP contribution in [-0.4, -0.2) is 41.1 Å². The molecule has 0 radical (unpaired) electrons. The van der Waals surface area contributed by atoms with Gasteiger partial charge in [-0.1, -0.05) is 17.8 Å². The maximum absolute atomic E-state index is 12.0. The minimum atomic E-state index is -0.288. The van der Waals surface area contributed by atoms with Gasteiger partial charge in [0.1, 0.15) is 0 Å². The van der Waals surface area contributed by atoms with E-state index >= 15 is 0 Å². The van der Waals surface area contributed by atoms with E-state index in [0.29, 0.717) is 30.9 Å². The highest BCUT2D eigenvalue weighted by atomic mass is 32.2. The Morgan fingerprint density at radius 3 is 3.14 bits per heavy atom. The molecule has 6 nitrogen and oxygen atoms in total. The first-order valence-corrected chi connectivity index (χ1v) is 8.86. The number of amides is 1. The zero-order valence-electron chi connectivity index (χ0n) is 12.6. The number of thioether (sulfide) groups is 1. The third kappa shape index (κ3) is 5.11. The molecular formula is C14H19N3O3S2. The summed E-state index contributed by atoms with van der Waals surface area (Å²) in [5, 5.41) is 12.9. The molecule has 0 aliphatic heterocycles. The van der Waals surface area contributed by atoms with E-state index in [-0.39, 0.29) is 11.2 Å². The van der Waals surface area contributed by atoms with Crippen molar-refractivity contribution in [3.05, 3.63) is 17.5 Å². The van der Waals surface area contributed by atoms with Crippen molar-refractivity contribution >= 4 is 29.0 Å². The first kappa shape index (κ1) is 17.0. The van der Waals surface area contributed by atoms with Gasteiger partial charge in [-0.05, 0) is 31.7 Å². The van der Waals surface area contributed by atoms with E-state index in [1.54, 1.807) is 0 Å². The van der Waals surface area contributed by atoms with Crippen molar-refractivity contribution in [2.75, 3.05) is 19.8 Å². The average Bonchev–Trinajstić information content (AvgIpc) is 3.17. The number of nitrogens with zero attached hydrogens (tertiary/aromatic N) is 2. The van der Waals surface area contributed by atoms with Crippen LogP contribution in [0.3, 0.4) is 0 Å². The van der Waals surface area contributed by atoms with Crippen molar-refractivity contribution < 1.29 is 13.9 Å². The van der Waals surface area contributed by atoms with Crippen molar-refractivity contribution in [3.8, 4) is 10.8 Å². The molecule has 1 N–H and O–H groups in total. The van der Waals surface area contributed by atoms with Crippen LogP contribution in [0.25, 0.3) is 10.8 Å². The van der Waals surface area contributed by atoms with Crippen molar-refractivity contribution in [2.24, 2.45) is 0 Å². The lowest BCUT2D eigenvalue weighted by Crippen LogP contribution is -2.32. The largest absolute Gasteiger partial charge is 0.410 e. The molecular weight excluding hydrogens is 322 g/mol. The SMILES string of the molecule is CCOCCCNC(=O)C(C)Sc1nnc(-c2cccs2)o1. The molecule has 22 heavy (non-hydrogen) atoms. The van der Waals surface area contributed by atoms with E-state index in [4.69, 9.17) is 9.15 Å². The highest BCUT2D eigenvalue weighted by Crippen LogP contribution is 2.28. The fourth-order valence-electron chi connectivity index (χ4n) is 1.64. The van der Waals surface area contributed by atoms with Gasteiger partial charge in [-0.25, -0.2) is 0 Å². The number of ether oxygens (including phenoxy) is 1. The summed E-state index contributed by atoms with van der Waals surface area (Å²) in [6.07, 6.45) is 0.806. The summed E-state index contributed by atoms with van der Waals surface area (Å²) >= 11 is 2.79. The molecule has 0 aliphatic carbocycles. The van der Waals surface area contributed by atoms with Gasteiger partial charge in [0.15, 0.2) is 0 Å². The maximum Gasteiger partial charge on any atom is 0.277 e. The first-order chi connectivity index (χ1) is 10.7. The van der Waals surface area contributed by atoms with Gasteiger partial charge in [0.05, 0.1) is 10.1 Å². The Balaban J connectivity index is 1.76. The molecule has 2 heterocycles. The normalized spacial score (nSPS) is 12.3.